The largest absolute Gasteiger partial charge is 0.381 e. The Labute approximate surface area is 116 Å². The van der Waals surface area contributed by atoms with Gasteiger partial charge in [-0.3, -0.25) is 4.79 Å². The van der Waals surface area contributed by atoms with E-state index in [0.717, 1.165) is 38.9 Å². The van der Waals surface area contributed by atoms with Crippen LogP contribution in [0.2, 0.25) is 0 Å². The van der Waals surface area contributed by atoms with Gasteiger partial charge in [0.1, 0.15) is 0 Å². The molecule has 1 amide bonds. The molecule has 19 heavy (non-hydrogen) atoms. The van der Waals surface area contributed by atoms with Crippen molar-refractivity contribution < 1.29 is 9.53 Å². The molecule has 1 heterocycles. The topological polar surface area (TPSA) is 50.4 Å². The van der Waals surface area contributed by atoms with Gasteiger partial charge in [-0.1, -0.05) is 19.3 Å². The Morgan fingerprint density at radius 2 is 1.74 bits per heavy atom. The van der Waals surface area contributed by atoms with Crippen molar-refractivity contribution >= 4 is 5.91 Å². The molecule has 4 nitrogen and oxygen atoms in total. The second-order valence-electron chi connectivity index (χ2n) is 6.49. The van der Waals surface area contributed by atoms with Crippen molar-refractivity contribution in [1.29, 1.82) is 0 Å². The third-order valence-corrected chi connectivity index (χ3v) is 4.88. The van der Waals surface area contributed by atoms with Crippen LogP contribution in [0.1, 0.15) is 58.3 Å². The Morgan fingerprint density at radius 3 is 2.32 bits per heavy atom. The van der Waals surface area contributed by atoms with E-state index in [1.54, 1.807) is 0 Å². The van der Waals surface area contributed by atoms with E-state index >= 15 is 0 Å². The first-order valence-electron chi connectivity index (χ1n) is 7.65. The molecule has 1 saturated carbocycles. The van der Waals surface area contributed by atoms with Crippen LogP contribution in [-0.2, 0) is 9.53 Å². The van der Waals surface area contributed by atoms with Crippen molar-refractivity contribution in [2.24, 2.45) is 0 Å². The highest BCUT2D eigenvalue weighted by molar-refractivity contribution is 5.78. The standard InChI is InChI=1S/C15H28N2O2/c1-14(8-10-19-11-9-14)17-13(18)12-15(16-2)6-4-3-5-7-15/h16H,3-12H2,1-2H3,(H,17,18). The molecular formula is C15H28N2O2. The molecular weight excluding hydrogens is 240 g/mol. The average Bonchev–Trinajstić information content (AvgIpc) is 2.39. The van der Waals surface area contributed by atoms with E-state index in [-0.39, 0.29) is 17.0 Å². The molecule has 2 aliphatic rings. The van der Waals surface area contributed by atoms with E-state index in [9.17, 15) is 4.79 Å². The van der Waals surface area contributed by atoms with Gasteiger partial charge < -0.3 is 15.4 Å². The average molecular weight is 268 g/mol. The molecule has 0 aromatic heterocycles. The predicted octanol–water partition coefficient (Wildman–Crippen LogP) is 1.98. The summed E-state index contributed by atoms with van der Waals surface area (Å²) >= 11 is 0. The highest BCUT2D eigenvalue weighted by Gasteiger charge is 2.35. The van der Waals surface area contributed by atoms with Gasteiger partial charge >= 0.3 is 0 Å². The van der Waals surface area contributed by atoms with Crippen LogP contribution in [0.15, 0.2) is 0 Å². The predicted molar refractivity (Wildman–Crippen MR) is 76.1 cm³/mol. The maximum Gasteiger partial charge on any atom is 0.222 e. The van der Waals surface area contributed by atoms with Gasteiger partial charge in [0.2, 0.25) is 5.91 Å². The minimum absolute atomic E-state index is 0.0316. The van der Waals surface area contributed by atoms with E-state index in [4.69, 9.17) is 4.74 Å². The molecule has 2 fully saturated rings. The van der Waals surface area contributed by atoms with Gasteiger partial charge in [0.25, 0.3) is 0 Å². The maximum absolute atomic E-state index is 12.4. The SMILES string of the molecule is CNC1(CC(=O)NC2(C)CCOCC2)CCCCC1. The fourth-order valence-corrected chi connectivity index (χ4v) is 3.38. The van der Waals surface area contributed by atoms with E-state index in [2.05, 4.69) is 17.6 Å². The summed E-state index contributed by atoms with van der Waals surface area (Å²) in [6.07, 6.45) is 8.47. The number of nitrogens with one attached hydrogen (secondary N) is 2. The van der Waals surface area contributed by atoms with Crippen molar-refractivity contribution in [2.45, 2.75) is 69.4 Å². The molecule has 4 heteroatoms. The van der Waals surface area contributed by atoms with Crippen molar-refractivity contribution in [3.8, 4) is 0 Å². The molecule has 2 rings (SSSR count). The Hall–Kier alpha value is -0.610. The molecule has 0 radical (unpaired) electrons. The summed E-state index contributed by atoms with van der Waals surface area (Å²) < 4.78 is 5.37. The zero-order chi connectivity index (χ0) is 13.8. The molecule has 0 aromatic rings. The Morgan fingerprint density at radius 1 is 1.11 bits per heavy atom. The normalized spacial score (nSPS) is 25.8. The molecule has 0 atom stereocenters. The van der Waals surface area contributed by atoms with Crippen LogP contribution in [0.3, 0.4) is 0 Å². The number of carbonyl (C=O) groups is 1. The number of ether oxygens (including phenoxy) is 1. The monoisotopic (exact) mass is 268 g/mol. The van der Waals surface area contributed by atoms with Crippen molar-refractivity contribution in [1.82, 2.24) is 10.6 Å². The number of hydrogen-bond donors (Lipinski definition) is 2. The number of amides is 1. The van der Waals surface area contributed by atoms with E-state index in [1.807, 2.05) is 7.05 Å². The number of hydrogen-bond acceptors (Lipinski definition) is 3. The minimum Gasteiger partial charge on any atom is -0.381 e. The molecule has 110 valence electrons. The Balaban J connectivity index is 1.88. The summed E-state index contributed by atoms with van der Waals surface area (Å²) in [7, 11) is 1.99. The first-order chi connectivity index (χ1) is 9.08. The van der Waals surface area contributed by atoms with Crippen molar-refractivity contribution in [3.05, 3.63) is 0 Å². The van der Waals surface area contributed by atoms with Crippen molar-refractivity contribution in [3.63, 3.8) is 0 Å². The smallest absolute Gasteiger partial charge is 0.222 e. The zero-order valence-electron chi connectivity index (χ0n) is 12.4. The van der Waals surface area contributed by atoms with Crippen LogP contribution in [0.25, 0.3) is 0 Å². The van der Waals surface area contributed by atoms with Gasteiger partial charge in [-0.2, -0.15) is 0 Å². The second-order valence-corrected chi connectivity index (χ2v) is 6.49. The fraction of sp³-hybridized carbons (Fsp3) is 0.933. The minimum atomic E-state index is -0.0705. The maximum atomic E-state index is 12.4. The molecule has 0 bridgehead atoms. The van der Waals surface area contributed by atoms with Gasteiger partial charge in [-0.05, 0) is 39.7 Å². The third-order valence-electron chi connectivity index (χ3n) is 4.88. The van der Waals surface area contributed by atoms with Gasteiger partial charge in [0, 0.05) is 30.7 Å². The van der Waals surface area contributed by atoms with Crippen LogP contribution in [-0.4, -0.2) is 37.2 Å². The molecule has 0 aromatic carbocycles. The van der Waals surface area contributed by atoms with Gasteiger partial charge in [0.15, 0.2) is 0 Å². The lowest BCUT2D eigenvalue weighted by atomic mass is 9.79. The molecule has 1 aliphatic carbocycles. The van der Waals surface area contributed by atoms with Crippen LogP contribution < -0.4 is 10.6 Å². The van der Waals surface area contributed by atoms with Gasteiger partial charge in [-0.15, -0.1) is 0 Å². The van der Waals surface area contributed by atoms with Crippen LogP contribution in [0.5, 0.6) is 0 Å². The third kappa shape index (κ3) is 3.93. The van der Waals surface area contributed by atoms with E-state index in [1.165, 1.54) is 19.3 Å². The first kappa shape index (κ1) is 14.8. The molecule has 0 spiro atoms. The van der Waals surface area contributed by atoms with Crippen LogP contribution in [0.4, 0.5) is 0 Å². The highest BCUT2D eigenvalue weighted by atomic mass is 16.5. The van der Waals surface area contributed by atoms with E-state index in [0.29, 0.717) is 6.42 Å². The second kappa shape index (κ2) is 6.23. The summed E-state index contributed by atoms with van der Waals surface area (Å²) in [6.45, 7) is 3.65. The molecule has 1 aliphatic heterocycles. The number of carbonyl (C=O) groups excluding carboxylic acids is 1. The lowest BCUT2D eigenvalue weighted by Gasteiger charge is -2.39. The molecule has 2 N–H and O–H groups in total. The quantitative estimate of drug-likeness (QED) is 0.820. The van der Waals surface area contributed by atoms with Crippen LogP contribution >= 0.6 is 0 Å². The summed E-state index contributed by atoms with van der Waals surface area (Å²) in [5, 5.41) is 6.66. The van der Waals surface area contributed by atoms with Gasteiger partial charge in [0.05, 0.1) is 0 Å². The Bertz CT molecular complexity index is 305. The lowest BCUT2D eigenvalue weighted by Crippen LogP contribution is -2.54. The van der Waals surface area contributed by atoms with E-state index < -0.39 is 0 Å². The highest BCUT2D eigenvalue weighted by Crippen LogP contribution is 2.31. The summed E-state index contributed by atoms with van der Waals surface area (Å²) in [6, 6.07) is 0. The summed E-state index contributed by atoms with van der Waals surface area (Å²) in [4.78, 5) is 12.4. The number of rotatable bonds is 4. The summed E-state index contributed by atoms with van der Waals surface area (Å²) in [5.41, 5.74) is -0.0389. The van der Waals surface area contributed by atoms with Crippen LogP contribution in [0, 0.1) is 0 Å². The first-order valence-corrected chi connectivity index (χ1v) is 7.65. The fourth-order valence-electron chi connectivity index (χ4n) is 3.38. The van der Waals surface area contributed by atoms with Gasteiger partial charge in [-0.25, -0.2) is 0 Å². The van der Waals surface area contributed by atoms with Crippen molar-refractivity contribution in [2.75, 3.05) is 20.3 Å². The summed E-state index contributed by atoms with van der Waals surface area (Å²) in [5.74, 6) is 0.195. The zero-order valence-corrected chi connectivity index (χ0v) is 12.4. The molecule has 1 saturated heterocycles. The lowest BCUT2D eigenvalue weighted by molar-refractivity contribution is -0.125. The molecule has 0 unspecified atom stereocenters. The Kier molecular flexibility index (Phi) is 4.85.